The lowest BCUT2D eigenvalue weighted by Crippen LogP contribution is -2.40. The Hall–Kier alpha value is -1.39. The number of likely N-dealkylation sites (tertiary alicyclic amines) is 1. The van der Waals surface area contributed by atoms with E-state index in [1.54, 1.807) is 0 Å². The third kappa shape index (κ3) is 5.11. The van der Waals surface area contributed by atoms with Crippen LogP contribution in [0.15, 0.2) is 30.3 Å². The van der Waals surface area contributed by atoms with Gasteiger partial charge in [-0.25, -0.2) is 0 Å². The lowest BCUT2D eigenvalue weighted by Gasteiger charge is -2.31. The van der Waals surface area contributed by atoms with Gasteiger partial charge in [0.1, 0.15) is 0 Å². The highest BCUT2D eigenvalue weighted by molar-refractivity contribution is 5.98. The maximum Gasteiger partial charge on any atom is 0.222 e. The predicted molar refractivity (Wildman–Crippen MR) is 90.5 cm³/mol. The molecule has 1 saturated heterocycles. The zero-order chi connectivity index (χ0) is 15.1. The van der Waals surface area contributed by atoms with Crippen molar-refractivity contribution >= 4 is 24.1 Å². The van der Waals surface area contributed by atoms with Crippen molar-refractivity contribution in [3.63, 3.8) is 0 Å². The number of rotatable bonds is 6. The van der Waals surface area contributed by atoms with Crippen molar-refractivity contribution in [2.75, 3.05) is 26.7 Å². The molecule has 22 heavy (non-hydrogen) atoms. The number of Topliss-reactive ketones (excluding diaryl/α,β-unsaturated/α-hetero) is 1. The molecule has 0 aliphatic carbocycles. The number of nitrogens with zero attached hydrogens (tertiary/aromatic N) is 1. The summed E-state index contributed by atoms with van der Waals surface area (Å²) in [4.78, 5) is 26.3. The molecule has 4 nitrogen and oxygen atoms in total. The number of amides is 1. The first-order chi connectivity index (χ1) is 10.2. The third-order valence-electron chi connectivity index (χ3n) is 4.09. The van der Waals surface area contributed by atoms with Crippen LogP contribution in [0.4, 0.5) is 0 Å². The van der Waals surface area contributed by atoms with Crippen molar-refractivity contribution in [1.82, 2.24) is 10.2 Å². The zero-order valence-corrected chi connectivity index (χ0v) is 13.9. The summed E-state index contributed by atoms with van der Waals surface area (Å²) in [6.07, 6.45) is 3.04. The summed E-state index contributed by atoms with van der Waals surface area (Å²) in [6.45, 7) is 2.29. The standard InChI is InChI=1S/C17H24N2O2.ClH/c1-18-11-5-8-16(20)19-12-9-15(10-13-19)17(21)14-6-3-2-4-7-14;/h2-4,6-7,15,18H,5,8-13H2,1H3;1H. The van der Waals surface area contributed by atoms with Crippen LogP contribution in [0.2, 0.25) is 0 Å². The van der Waals surface area contributed by atoms with Crippen LogP contribution in [0.5, 0.6) is 0 Å². The maximum absolute atomic E-state index is 12.4. The molecule has 1 heterocycles. The first-order valence-corrected chi connectivity index (χ1v) is 7.74. The van der Waals surface area contributed by atoms with Gasteiger partial charge in [0, 0.05) is 31.0 Å². The van der Waals surface area contributed by atoms with E-state index in [2.05, 4.69) is 5.32 Å². The van der Waals surface area contributed by atoms with Crippen molar-refractivity contribution < 1.29 is 9.59 Å². The van der Waals surface area contributed by atoms with Crippen LogP contribution >= 0.6 is 12.4 Å². The average Bonchev–Trinajstić information content (AvgIpc) is 2.55. The first kappa shape index (κ1) is 18.7. The molecule has 1 N–H and O–H groups in total. The minimum absolute atomic E-state index is 0. The highest BCUT2D eigenvalue weighted by Crippen LogP contribution is 2.22. The van der Waals surface area contributed by atoms with E-state index in [1.165, 1.54) is 0 Å². The molecular formula is C17H25ClN2O2. The number of nitrogens with one attached hydrogen (secondary N) is 1. The van der Waals surface area contributed by atoms with Crippen LogP contribution in [0.3, 0.4) is 0 Å². The number of carbonyl (C=O) groups excluding carboxylic acids is 2. The van der Waals surface area contributed by atoms with E-state index in [0.29, 0.717) is 19.5 Å². The fraction of sp³-hybridized carbons (Fsp3) is 0.529. The second kappa shape index (κ2) is 9.59. The topological polar surface area (TPSA) is 49.4 Å². The van der Waals surface area contributed by atoms with E-state index in [0.717, 1.165) is 31.4 Å². The Balaban J connectivity index is 0.00000242. The van der Waals surface area contributed by atoms with Crippen LogP contribution < -0.4 is 5.32 Å². The molecule has 0 unspecified atom stereocenters. The van der Waals surface area contributed by atoms with Gasteiger partial charge >= 0.3 is 0 Å². The molecule has 1 fully saturated rings. The van der Waals surface area contributed by atoms with Gasteiger partial charge in [-0.2, -0.15) is 0 Å². The molecule has 1 aliphatic heterocycles. The lowest BCUT2D eigenvalue weighted by atomic mass is 9.89. The summed E-state index contributed by atoms with van der Waals surface area (Å²) in [5, 5.41) is 3.05. The van der Waals surface area contributed by atoms with Gasteiger partial charge in [0.15, 0.2) is 5.78 Å². The summed E-state index contributed by atoms with van der Waals surface area (Å²) >= 11 is 0. The number of hydrogen-bond donors (Lipinski definition) is 1. The highest BCUT2D eigenvalue weighted by Gasteiger charge is 2.27. The fourth-order valence-electron chi connectivity index (χ4n) is 2.80. The van der Waals surface area contributed by atoms with Gasteiger partial charge in [0.25, 0.3) is 0 Å². The van der Waals surface area contributed by atoms with Crippen LogP contribution in [-0.2, 0) is 4.79 Å². The Labute approximate surface area is 138 Å². The van der Waals surface area contributed by atoms with Crippen molar-refractivity contribution in [3.05, 3.63) is 35.9 Å². The van der Waals surface area contributed by atoms with Crippen LogP contribution in [0.1, 0.15) is 36.0 Å². The lowest BCUT2D eigenvalue weighted by molar-refractivity contribution is -0.132. The summed E-state index contributed by atoms with van der Waals surface area (Å²) in [7, 11) is 1.89. The fourth-order valence-corrected chi connectivity index (χ4v) is 2.80. The molecule has 0 radical (unpaired) electrons. The third-order valence-corrected chi connectivity index (χ3v) is 4.09. The van der Waals surface area contributed by atoms with Crippen LogP contribution in [0, 0.1) is 5.92 Å². The Bertz CT molecular complexity index is 471. The van der Waals surface area contributed by atoms with Crippen molar-refractivity contribution in [3.8, 4) is 0 Å². The van der Waals surface area contributed by atoms with E-state index in [9.17, 15) is 9.59 Å². The molecule has 0 bridgehead atoms. The molecule has 1 amide bonds. The first-order valence-electron chi connectivity index (χ1n) is 7.74. The number of benzene rings is 1. The van der Waals surface area contributed by atoms with Gasteiger partial charge in [-0.15, -0.1) is 12.4 Å². The Morgan fingerprint density at radius 2 is 1.82 bits per heavy atom. The number of piperidine rings is 1. The smallest absolute Gasteiger partial charge is 0.222 e. The maximum atomic E-state index is 12.4. The summed E-state index contributed by atoms with van der Waals surface area (Å²) in [5.74, 6) is 0.502. The molecule has 0 spiro atoms. The monoisotopic (exact) mass is 324 g/mol. The zero-order valence-electron chi connectivity index (χ0n) is 13.1. The number of carbonyl (C=O) groups is 2. The van der Waals surface area contributed by atoms with Gasteiger partial charge in [0.2, 0.25) is 5.91 Å². The molecule has 0 aromatic heterocycles. The molecule has 0 saturated carbocycles. The molecule has 5 heteroatoms. The van der Waals surface area contributed by atoms with Gasteiger partial charge in [0.05, 0.1) is 0 Å². The number of halogens is 1. The van der Waals surface area contributed by atoms with Gasteiger partial charge in [-0.3, -0.25) is 9.59 Å². The Morgan fingerprint density at radius 1 is 1.18 bits per heavy atom. The van der Waals surface area contributed by atoms with Gasteiger partial charge in [-0.1, -0.05) is 30.3 Å². The minimum Gasteiger partial charge on any atom is -0.343 e. The van der Waals surface area contributed by atoms with Crippen LogP contribution in [0.25, 0.3) is 0 Å². The molecule has 0 atom stereocenters. The minimum atomic E-state index is 0. The second-order valence-electron chi connectivity index (χ2n) is 5.59. The molecule has 1 aromatic rings. The summed E-state index contributed by atoms with van der Waals surface area (Å²) in [6, 6.07) is 9.46. The normalized spacial score (nSPS) is 15.2. The number of hydrogen-bond acceptors (Lipinski definition) is 3. The largest absolute Gasteiger partial charge is 0.343 e. The van der Waals surface area contributed by atoms with E-state index in [-0.39, 0.29) is 30.0 Å². The van der Waals surface area contributed by atoms with Gasteiger partial charge in [-0.05, 0) is 32.9 Å². The molecule has 2 rings (SSSR count). The van der Waals surface area contributed by atoms with E-state index < -0.39 is 0 Å². The van der Waals surface area contributed by atoms with Crippen molar-refractivity contribution in [1.29, 1.82) is 0 Å². The summed E-state index contributed by atoms with van der Waals surface area (Å²) < 4.78 is 0. The Kier molecular flexibility index (Phi) is 8.13. The van der Waals surface area contributed by atoms with Crippen LogP contribution in [-0.4, -0.2) is 43.3 Å². The average molecular weight is 325 g/mol. The molecule has 122 valence electrons. The molecule has 1 aromatic carbocycles. The van der Waals surface area contributed by atoms with E-state index >= 15 is 0 Å². The van der Waals surface area contributed by atoms with E-state index in [4.69, 9.17) is 0 Å². The second-order valence-corrected chi connectivity index (χ2v) is 5.59. The Morgan fingerprint density at radius 3 is 2.41 bits per heavy atom. The van der Waals surface area contributed by atoms with Crippen molar-refractivity contribution in [2.24, 2.45) is 5.92 Å². The van der Waals surface area contributed by atoms with Gasteiger partial charge < -0.3 is 10.2 Å². The predicted octanol–water partition coefficient (Wildman–Crippen LogP) is 2.53. The SMILES string of the molecule is CNCCCC(=O)N1CCC(C(=O)c2ccccc2)CC1.Cl. The molecule has 1 aliphatic rings. The number of ketones is 1. The van der Waals surface area contributed by atoms with E-state index in [1.807, 2.05) is 42.3 Å². The quantitative estimate of drug-likeness (QED) is 0.646. The summed E-state index contributed by atoms with van der Waals surface area (Å²) in [5.41, 5.74) is 0.788. The highest BCUT2D eigenvalue weighted by atomic mass is 35.5. The molecular weight excluding hydrogens is 300 g/mol. The van der Waals surface area contributed by atoms with Crippen molar-refractivity contribution in [2.45, 2.75) is 25.7 Å².